The van der Waals surface area contributed by atoms with Crippen LogP contribution in [0, 0.1) is 11.6 Å². The van der Waals surface area contributed by atoms with Gasteiger partial charge in [0.15, 0.2) is 11.6 Å². The summed E-state index contributed by atoms with van der Waals surface area (Å²) in [6.07, 6.45) is 0. The van der Waals surface area contributed by atoms with Gasteiger partial charge in [-0.3, -0.25) is 0 Å². The van der Waals surface area contributed by atoms with Crippen LogP contribution in [-0.2, 0) is 10.0 Å². The first-order valence-corrected chi connectivity index (χ1v) is 6.62. The van der Waals surface area contributed by atoms with Crippen LogP contribution in [0.3, 0.4) is 0 Å². The molecule has 1 N–H and O–H groups in total. The fourth-order valence-electron chi connectivity index (χ4n) is 1.71. The molecule has 18 heavy (non-hydrogen) atoms. The number of hydrogen-bond donors (Lipinski definition) is 1. The van der Waals surface area contributed by atoms with Crippen LogP contribution in [-0.4, -0.2) is 38.9 Å². The van der Waals surface area contributed by atoms with E-state index in [0.717, 1.165) is 16.4 Å². The van der Waals surface area contributed by atoms with Crippen LogP contribution in [0.4, 0.5) is 8.78 Å². The second-order valence-corrected chi connectivity index (χ2v) is 5.61. The molecule has 0 amide bonds. The van der Waals surface area contributed by atoms with Gasteiger partial charge >= 0.3 is 0 Å². The third-order valence-electron chi connectivity index (χ3n) is 2.61. The van der Waals surface area contributed by atoms with Crippen molar-refractivity contribution in [2.75, 3.05) is 26.2 Å². The number of benzene rings is 1. The molecule has 0 bridgehead atoms. The number of rotatable bonds is 2. The van der Waals surface area contributed by atoms with E-state index in [0.29, 0.717) is 13.1 Å². The van der Waals surface area contributed by atoms with Crippen LogP contribution in [0.5, 0.6) is 0 Å². The van der Waals surface area contributed by atoms with E-state index < -0.39 is 26.6 Å². The monoisotopic (exact) mass is 298 g/mol. The van der Waals surface area contributed by atoms with Crippen molar-refractivity contribution in [1.82, 2.24) is 9.62 Å². The Kier molecular flexibility index (Phi) is 5.03. The Morgan fingerprint density at radius 1 is 1.17 bits per heavy atom. The van der Waals surface area contributed by atoms with Crippen LogP contribution in [0.1, 0.15) is 0 Å². The smallest absolute Gasteiger partial charge is 0.246 e. The van der Waals surface area contributed by atoms with Gasteiger partial charge in [0.2, 0.25) is 10.0 Å². The van der Waals surface area contributed by atoms with Gasteiger partial charge in [0.05, 0.1) is 0 Å². The van der Waals surface area contributed by atoms with E-state index in [9.17, 15) is 17.2 Å². The van der Waals surface area contributed by atoms with Crippen LogP contribution >= 0.6 is 12.4 Å². The number of nitrogens with zero attached hydrogens (tertiary/aromatic N) is 1. The highest BCUT2D eigenvalue weighted by Crippen LogP contribution is 2.21. The Labute approximate surface area is 110 Å². The fourth-order valence-corrected chi connectivity index (χ4v) is 3.22. The normalized spacial score (nSPS) is 17.2. The predicted octanol–water partition coefficient (Wildman–Crippen LogP) is 0.980. The molecular weight excluding hydrogens is 286 g/mol. The third-order valence-corrected chi connectivity index (χ3v) is 4.53. The van der Waals surface area contributed by atoms with E-state index >= 15 is 0 Å². The second-order valence-electron chi connectivity index (χ2n) is 3.71. The Bertz CT molecular complexity index is 519. The number of nitrogens with one attached hydrogen (secondary N) is 1. The average molecular weight is 299 g/mol. The molecule has 0 unspecified atom stereocenters. The summed E-state index contributed by atoms with van der Waals surface area (Å²) in [6, 6.07) is 3.16. The summed E-state index contributed by atoms with van der Waals surface area (Å²) in [6.45, 7) is 1.54. The van der Waals surface area contributed by atoms with Crippen molar-refractivity contribution < 1.29 is 17.2 Å². The molecule has 1 saturated heterocycles. The van der Waals surface area contributed by atoms with Crippen molar-refractivity contribution in [2.45, 2.75) is 4.90 Å². The van der Waals surface area contributed by atoms with Crippen molar-refractivity contribution in [3.8, 4) is 0 Å². The molecule has 1 aromatic carbocycles. The molecule has 0 spiro atoms. The average Bonchev–Trinajstić information content (AvgIpc) is 2.33. The maximum absolute atomic E-state index is 13.5. The molecular formula is C10H13ClF2N2O2S. The van der Waals surface area contributed by atoms with Crippen LogP contribution in [0.2, 0.25) is 0 Å². The van der Waals surface area contributed by atoms with Crippen LogP contribution in [0.15, 0.2) is 23.1 Å². The largest absolute Gasteiger partial charge is 0.314 e. The minimum absolute atomic E-state index is 0. The number of hydrogen-bond acceptors (Lipinski definition) is 3. The highest BCUT2D eigenvalue weighted by Gasteiger charge is 2.29. The molecule has 4 nitrogen and oxygen atoms in total. The summed E-state index contributed by atoms with van der Waals surface area (Å²) in [4.78, 5) is -0.598. The molecule has 0 atom stereocenters. The van der Waals surface area contributed by atoms with Gasteiger partial charge in [-0.2, -0.15) is 4.31 Å². The molecule has 1 fully saturated rings. The van der Waals surface area contributed by atoms with Crippen molar-refractivity contribution in [3.05, 3.63) is 29.8 Å². The van der Waals surface area contributed by atoms with Gasteiger partial charge in [0, 0.05) is 26.2 Å². The maximum atomic E-state index is 13.5. The Hall–Kier alpha value is -0.760. The van der Waals surface area contributed by atoms with Gasteiger partial charge in [0.25, 0.3) is 0 Å². The zero-order valence-electron chi connectivity index (χ0n) is 9.40. The second kappa shape index (κ2) is 5.92. The van der Waals surface area contributed by atoms with E-state index in [1.165, 1.54) is 6.07 Å². The molecule has 1 aliphatic rings. The predicted molar refractivity (Wildman–Crippen MR) is 65.2 cm³/mol. The Morgan fingerprint density at radius 2 is 1.78 bits per heavy atom. The molecule has 1 aromatic rings. The number of piperazine rings is 1. The van der Waals surface area contributed by atoms with Gasteiger partial charge in [-0.25, -0.2) is 17.2 Å². The molecule has 1 aliphatic heterocycles. The Balaban J connectivity index is 0.00000162. The van der Waals surface area contributed by atoms with E-state index in [1.807, 2.05) is 0 Å². The molecule has 102 valence electrons. The number of sulfonamides is 1. The van der Waals surface area contributed by atoms with Gasteiger partial charge in [0.1, 0.15) is 4.90 Å². The molecule has 8 heteroatoms. The van der Waals surface area contributed by atoms with Crippen molar-refractivity contribution in [1.29, 1.82) is 0 Å². The summed E-state index contributed by atoms with van der Waals surface area (Å²) < 4.78 is 51.7. The summed E-state index contributed by atoms with van der Waals surface area (Å²) in [7, 11) is -3.94. The molecule has 0 aliphatic carbocycles. The van der Waals surface area contributed by atoms with Crippen molar-refractivity contribution in [2.24, 2.45) is 0 Å². The lowest BCUT2D eigenvalue weighted by molar-refractivity contribution is 0.357. The highest BCUT2D eigenvalue weighted by molar-refractivity contribution is 7.89. The van der Waals surface area contributed by atoms with Crippen LogP contribution in [0.25, 0.3) is 0 Å². The lowest BCUT2D eigenvalue weighted by Crippen LogP contribution is -2.46. The van der Waals surface area contributed by atoms with Gasteiger partial charge in [-0.05, 0) is 12.1 Å². The van der Waals surface area contributed by atoms with Gasteiger partial charge in [-0.15, -0.1) is 12.4 Å². The van der Waals surface area contributed by atoms with Gasteiger partial charge < -0.3 is 5.32 Å². The standard InChI is InChI=1S/C10H12F2N2O2S.ClH/c11-8-2-1-3-9(10(8)12)17(15,16)14-6-4-13-5-7-14;/h1-3,13H,4-7H2;1H. The molecule has 0 radical (unpaired) electrons. The maximum Gasteiger partial charge on any atom is 0.246 e. The summed E-state index contributed by atoms with van der Waals surface area (Å²) in [5.74, 6) is -2.47. The molecule has 2 rings (SSSR count). The first kappa shape index (κ1) is 15.3. The zero-order chi connectivity index (χ0) is 12.5. The lowest BCUT2D eigenvalue weighted by Gasteiger charge is -2.26. The van der Waals surface area contributed by atoms with E-state index in [2.05, 4.69) is 5.32 Å². The van der Waals surface area contributed by atoms with Gasteiger partial charge in [-0.1, -0.05) is 6.07 Å². The van der Waals surface area contributed by atoms with E-state index in [4.69, 9.17) is 0 Å². The van der Waals surface area contributed by atoms with E-state index in [1.54, 1.807) is 0 Å². The fraction of sp³-hybridized carbons (Fsp3) is 0.400. The van der Waals surface area contributed by atoms with Crippen LogP contribution < -0.4 is 5.32 Å². The summed E-state index contributed by atoms with van der Waals surface area (Å²) in [5, 5.41) is 2.99. The Morgan fingerprint density at radius 3 is 2.39 bits per heavy atom. The first-order chi connectivity index (χ1) is 8.03. The SMILES string of the molecule is Cl.O=S(=O)(c1cccc(F)c1F)N1CCNCC1. The minimum atomic E-state index is -3.94. The first-order valence-electron chi connectivity index (χ1n) is 5.18. The minimum Gasteiger partial charge on any atom is -0.314 e. The topological polar surface area (TPSA) is 49.4 Å². The quantitative estimate of drug-likeness (QED) is 0.885. The third kappa shape index (κ3) is 2.80. The lowest BCUT2D eigenvalue weighted by atomic mass is 10.3. The summed E-state index contributed by atoms with van der Waals surface area (Å²) in [5.41, 5.74) is 0. The van der Waals surface area contributed by atoms with Crippen molar-refractivity contribution in [3.63, 3.8) is 0 Å². The van der Waals surface area contributed by atoms with Crippen molar-refractivity contribution >= 4 is 22.4 Å². The molecule has 0 saturated carbocycles. The molecule has 1 heterocycles. The zero-order valence-corrected chi connectivity index (χ0v) is 11.0. The van der Waals surface area contributed by atoms with E-state index in [-0.39, 0.29) is 25.5 Å². The number of halogens is 3. The molecule has 0 aromatic heterocycles. The highest BCUT2D eigenvalue weighted by atomic mass is 35.5. The summed E-state index contributed by atoms with van der Waals surface area (Å²) >= 11 is 0.